The summed E-state index contributed by atoms with van der Waals surface area (Å²) in [5.74, 6) is 0.485. The molecule has 0 spiro atoms. The van der Waals surface area contributed by atoms with E-state index in [2.05, 4.69) is 20.5 Å². The van der Waals surface area contributed by atoms with Crippen LogP contribution < -0.4 is 15.5 Å². The van der Waals surface area contributed by atoms with E-state index in [4.69, 9.17) is 4.74 Å². The topological polar surface area (TPSA) is 83.6 Å². The van der Waals surface area contributed by atoms with Crippen LogP contribution in [0.15, 0.2) is 18.3 Å². The average Bonchev–Trinajstić information content (AvgIpc) is 2.80. The minimum Gasteiger partial charge on any atom is -0.378 e. The molecule has 2 aliphatic rings. The average molecular weight is 318 g/mol. The second-order valence-electron chi connectivity index (χ2n) is 5.82. The molecule has 7 heteroatoms. The van der Waals surface area contributed by atoms with E-state index in [0.717, 1.165) is 31.7 Å². The third-order valence-electron chi connectivity index (χ3n) is 4.19. The highest BCUT2D eigenvalue weighted by atomic mass is 16.5. The van der Waals surface area contributed by atoms with Gasteiger partial charge in [-0.05, 0) is 31.4 Å². The van der Waals surface area contributed by atoms with Gasteiger partial charge < -0.3 is 20.3 Å². The Labute approximate surface area is 135 Å². The summed E-state index contributed by atoms with van der Waals surface area (Å²) in [7, 11) is 0. The molecule has 2 fully saturated rings. The van der Waals surface area contributed by atoms with E-state index >= 15 is 0 Å². The first-order chi connectivity index (χ1) is 11.2. The zero-order valence-corrected chi connectivity index (χ0v) is 13.1. The van der Waals surface area contributed by atoms with E-state index in [9.17, 15) is 9.59 Å². The van der Waals surface area contributed by atoms with Crippen LogP contribution in [0.4, 0.5) is 5.82 Å². The highest BCUT2D eigenvalue weighted by molar-refractivity contribution is 5.97. The first kappa shape index (κ1) is 15.7. The van der Waals surface area contributed by atoms with Crippen LogP contribution >= 0.6 is 0 Å². The molecule has 0 aromatic carbocycles. The van der Waals surface area contributed by atoms with Crippen LogP contribution in [0.2, 0.25) is 0 Å². The van der Waals surface area contributed by atoms with Crippen LogP contribution in [0.1, 0.15) is 29.6 Å². The number of pyridine rings is 1. The van der Waals surface area contributed by atoms with E-state index in [0.29, 0.717) is 31.7 Å². The number of morpholine rings is 1. The maximum absolute atomic E-state index is 12.3. The molecule has 1 aromatic rings. The SMILES string of the molecule is O=C(NC1CCCCNC1=O)c1ccc(N2CCOCC2)nc1. The zero-order chi connectivity index (χ0) is 16.1. The number of rotatable bonds is 3. The van der Waals surface area contributed by atoms with Crippen LogP contribution in [0.5, 0.6) is 0 Å². The van der Waals surface area contributed by atoms with Gasteiger partial charge >= 0.3 is 0 Å². The minimum atomic E-state index is -0.455. The van der Waals surface area contributed by atoms with Gasteiger partial charge in [0, 0.05) is 25.8 Å². The second kappa shape index (κ2) is 7.41. The number of anilines is 1. The summed E-state index contributed by atoms with van der Waals surface area (Å²) < 4.78 is 5.32. The summed E-state index contributed by atoms with van der Waals surface area (Å²) in [6.45, 7) is 3.68. The number of ether oxygens (including phenoxy) is 1. The fraction of sp³-hybridized carbons (Fsp3) is 0.562. The molecule has 1 aromatic heterocycles. The molecule has 124 valence electrons. The fourth-order valence-corrected chi connectivity index (χ4v) is 2.82. The first-order valence-electron chi connectivity index (χ1n) is 8.11. The van der Waals surface area contributed by atoms with Crippen molar-refractivity contribution >= 4 is 17.6 Å². The number of carbonyl (C=O) groups excluding carboxylic acids is 2. The Kier molecular flexibility index (Phi) is 5.07. The van der Waals surface area contributed by atoms with Gasteiger partial charge in [0.15, 0.2) is 0 Å². The van der Waals surface area contributed by atoms with Gasteiger partial charge in [0.1, 0.15) is 11.9 Å². The number of amides is 2. The molecule has 0 saturated carbocycles. The van der Waals surface area contributed by atoms with Crippen molar-refractivity contribution in [3.05, 3.63) is 23.9 Å². The van der Waals surface area contributed by atoms with E-state index in [1.165, 1.54) is 0 Å². The Morgan fingerprint density at radius 2 is 2.13 bits per heavy atom. The van der Waals surface area contributed by atoms with Crippen molar-refractivity contribution < 1.29 is 14.3 Å². The standard InChI is InChI=1S/C16H22N4O3/c21-15(19-13-3-1-2-6-17-16(13)22)12-4-5-14(18-11-12)20-7-9-23-10-8-20/h4-5,11,13H,1-3,6-10H2,(H,17,22)(H,19,21). The molecule has 2 N–H and O–H groups in total. The van der Waals surface area contributed by atoms with Crippen molar-refractivity contribution in [1.82, 2.24) is 15.6 Å². The lowest BCUT2D eigenvalue weighted by atomic mass is 10.1. The molecule has 2 amide bonds. The Balaban J connectivity index is 1.61. The Bertz CT molecular complexity index is 555. The normalized spacial score (nSPS) is 22.2. The number of hydrogen-bond donors (Lipinski definition) is 2. The molecule has 0 aliphatic carbocycles. The number of aromatic nitrogens is 1. The number of carbonyl (C=O) groups is 2. The van der Waals surface area contributed by atoms with Gasteiger partial charge in [0.25, 0.3) is 5.91 Å². The maximum atomic E-state index is 12.3. The predicted molar refractivity (Wildman–Crippen MR) is 85.4 cm³/mol. The summed E-state index contributed by atoms with van der Waals surface area (Å²) >= 11 is 0. The van der Waals surface area contributed by atoms with Crippen molar-refractivity contribution in [3.8, 4) is 0 Å². The molecular weight excluding hydrogens is 296 g/mol. The lowest BCUT2D eigenvalue weighted by Gasteiger charge is -2.27. The lowest BCUT2D eigenvalue weighted by molar-refractivity contribution is -0.122. The lowest BCUT2D eigenvalue weighted by Crippen LogP contribution is -2.45. The monoisotopic (exact) mass is 318 g/mol. The Morgan fingerprint density at radius 1 is 1.30 bits per heavy atom. The summed E-state index contributed by atoms with van der Waals surface area (Å²) in [6, 6.07) is 3.14. The van der Waals surface area contributed by atoms with Gasteiger partial charge in [-0.25, -0.2) is 4.98 Å². The van der Waals surface area contributed by atoms with E-state index in [-0.39, 0.29) is 11.8 Å². The zero-order valence-electron chi connectivity index (χ0n) is 13.1. The summed E-state index contributed by atoms with van der Waals surface area (Å²) in [5, 5.41) is 5.62. The van der Waals surface area contributed by atoms with Crippen LogP contribution in [0.3, 0.4) is 0 Å². The van der Waals surface area contributed by atoms with Gasteiger partial charge in [0.05, 0.1) is 18.8 Å². The smallest absolute Gasteiger partial charge is 0.253 e. The molecule has 1 unspecified atom stereocenters. The molecule has 2 aliphatic heterocycles. The first-order valence-corrected chi connectivity index (χ1v) is 8.11. The van der Waals surface area contributed by atoms with Gasteiger partial charge in [-0.2, -0.15) is 0 Å². The van der Waals surface area contributed by atoms with Crippen LogP contribution in [0.25, 0.3) is 0 Å². The molecule has 3 rings (SSSR count). The molecule has 2 saturated heterocycles. The van der Waals surface area contributed by atoms with Gasteiger partial charge in [-0.3, -0.25) is 9.59 Å². The second-order valence-corrected chi connectivity index (χ2v) is 5.82. The van der Waals surface area contributed by atoms with E-state index < -0.39 is 6.04 Å². The molecule has 7 nitrogen and oxygen atoms in total. The molecule has 3 heterocycles. The molecule has 23 heavy (non-hydrogen) atoms. The van der Waals surface area contributed by atoms with Crippen molar-refractivity contribution in [2.24, 2.45) is 0 Å². The third kappa shape index (κ3) is 3.98. The van der Waals surface area contributed by atoms with Gasteiger partial charge in [0.2, 0.25) is 5.91 Å². The maximum Gasteiger partial charge on any atom is 0.253 e. The van der Waals surface area contributed by atoms with Crippen molar-refractivity contribution in [1.29, 1.82) is 0 Å². The van der Waals surface area contributed by atoms with E-state index in [1.807, 2.05) is 6.07 Å². The summed E-state index contributed by atoms with van der Waals surface area (Å²) in [4.78, 5) is 30.7. The number of hydrogen-bond acceptors (Lipinski definition) is 5. The van der Waals surface area contributed by atoms with Gasteiger partial charge in [-0.15, -0.1) is 0 Å². The van der Waals surface area contributed by atoms with Gasteiger partial charge in [-0.1, -0.05) is 0 Å². The molecule has 0 radical (unpaired) electrons. The summed E-state index contributed by atoms with van der Waals surface area (Å²) in [6.07, 6.45) is 4.12. The van der Waals surface area contributed by atoms with E-state index in [1.54, 1.807) is 12.3 Å². The van der Waals surface area contributed by atoms with Crippen molar-refractivity contribution in [2.75, 3.05) is 37.7 Å². The Morgan fingerprint density at radius 3 is 2.87 bits per heavy atom. The largest absolute Gasteiger partial charge is 0.378 e. The number of nitrogens with zero attached hydrogens (tertiary/aromatic N) is 2. The highest BCUT2D eigenvalue weighted by Gasteiger charge is 2.23. The van der Waals surface area contributed by atoms with Crippen LogP contribution in [-0.4, -0.2) is 55.7 Å². The predicted octanol–water partition coefficient (Wildman–Crippen LogP) is 0.317. The molecule has 0 bridgehead atoms. The third-order valence-corrected chi connectivity index (χ3v) is 4.19. The molecular formula is C16H22N4O3. The highest BCUT2D eigenvalue weighted by Crippen LogP contribution is 2.13. The van der Waals surface area contributed by atoms with Crippen LogP contribution in [-0.2, 0) is 9.53 Å². The van der Waals surface area contributed by atoms with Crippen molar-refractivity contribution in [3.63, 3.8) is 0 Å². The van der Waals surface area contributed by atoms with Crippen LogP contribution in [0, 0.1) is 0 Å². The summed E-state index contributed by atoms with van der Waals surface area (Å²) in [5.41, 5.74) is 0.471. The minimum absolute atomic E-state index is 0.103. The molecule has 1 atom stereocenters. The fourth-order valence-electron chi connectivity index (χ4n) is 2.82. The Hall–Kier alpha value is -2.15. The van der Waals surface area contributed by atoms with Crippen molar-refractivity contribution in [2.45, 2.75) is 25.3 Å². The number of nitrogens with one attached hydrogen (secondary N) is 2. The quantitative estimate of drug-likeness (QED) is 0.838.